The predicted molar refractivity (Wildman–Crippen MR) is 86.4 cm³/mol. The summed E-state index contributed by atoms with van der Waals surface area (Å²) in [5, 5.41) is 0. The SMILES string of the molecule is CC1CCC(OC2CCCCCCC2I)CC1C. The van der Waals surface area contributed by atoms with E-state index in [1.165, 1.54) is 57.8 Å². The highest BCUT2D eigenvalue weighted by Gasteiger charge is 2.29. The van der Waals surface area contributed by atoms with Gasteiger partial charge in [-0.25, -0.2) is 0 Å². The molecule has 2 aliphatic rings. The summed E-state index contributed by atoms with van der Waals surface area (Å²) >= 11 is 2.64. The topological polar surface area (TPSA) is 9.23 Å². The highest BCUT2D eigenvalue weighted by Crippen LogP contribution is 2.34. The summed E-state index contributed by atoms with van der Waals surface area (Å²) in [5.74, 6) is 1.75. The zero-order chi connectivity index (χ0) is 13.0. The van der Waals surface area contributed by atoms with Crippen LogP contribution in [-0.2, 0) is 4.74 Å². The summed E-state index contributed by atoms with van der Waals surface area (Å²) < 4.78 is 7.24. The average Bonchev–Trinajstić information content (AvgIpc) is 2.33. The number of alkyl halides is 1. The number of hydrogen-bond donors (Lipinski definition) is 0. The molecular weight excluding hydrogens is 335 g/mol. The maximum atomic E-state index is 6.49. The largest absolute Gasteiger partial charge is 0.374 e. The fourth-order valence-corrected chi connectivity index (χ4v) is 4.40. The van der Waals surface area contributed by atoms with Gasteiger partial charge < -0.3 is 4.74 Å². The Hall–Kier alpha value is 0.690. The highest BCUT2D eigenvalue weighted by atomic mass is 127. The smallest absolute Gasteiger partial charge is 0.0696 e. The number of halogens is 1. The molecule has 2 rings (SSSR count). The second-order valence-corrected chi connectivity index (χ2v) is 8.17. The van der Waals surface area contributed by atoms with Gasteiger partial charge in [0, 0.05) is 3.92 Å². The lowest BCUT2D eigenvalue weighted by molar-refractivity contribution is -0.0515. The first kappa shape index (κ1) is 15.1. The van der Waals surface area contributed by atoms with Crippen LogP contribution in [0.4, 0.5) is 0 Å². The first-order valence-electron chi connectivity index (χ1n) is 7.96. The van der Waals surface area contributed by atoms with E-state index >= 15 is 0 Å². The molecule has 18 heavy (non-hydrogen) atoms. The zero-order valence-corrected chi connectivity index (χ0v) is 14.2. The standard InChI is InChI=1S/C16H29IO/c1-12-9-10-14(11-13(12)2)18-16-8-6-4-3-5-7-15(16)17/h12-16H,3-11H2,1-2H3. The summed E-state index contributed by atoms with van der Waals surface area (Å²) in [7, 11) is 0. The number of hydrogen-bond acceptors (Lipinski definition) is 1. The van der Waals surface area contributed by atoms with E-state index in [1.54, 1.807) is 0 Å². The summed E-state index contributed by atoms with van der Waals surface area (Å²) in [5.41, 5.74) is 0. The van der Waals surface area contributed by atoms with Crippen LogP contribution in [0.5, 0.6) is 0 Å². The molecule has 2 aliphatic carbocycles. The molecule has 0 spiro atoms. The molecule has 0 saturated heterocycles. The monoisotopic (exact) mass is 364 g/mol. The van der Waals surface area contributed by atoms with Crippen molar-refractivity contribution in [3.8, 4) is 0 Å². The van der Waals surface area contributed by atoms with Gasteiger partial charge in [-0.3, -0.25) is 0 Å². The third kappa shape index (κ3) is 4.36. The van der Waals surface area contributed by atoms with Crippen LogP contribution in [0.1, 0.15) is 71.6 Å². The Morgan fingerprint density at radius 3 is 2.28 bits per heavy atom. The van der Waals surface area contributed by atoms with Crippen LogP contribution in [0.2, 0.25) is 0 Å². The van der Waals surface area contributed by atoms with Crippen molar-refractivity contribution in [2.45, 2.75) is 87.8 Å². The van der Waals surface area contributed by atoms with Gasteiger partial charge in [-0.2, -0.15) is 0 Å². The van der Waals surface area contributed by atoms with Gasteiger partial charge in [0.1, 0.15) is 0 Å². The number of rotatable bonds is 2. The zero-order valence-electron chi connectivity index (χ0n) is 12.0. The molecule has 0 bridgehead atoms. The van der Waals surface area contributed by atoms with Crippen LogP contribution in [0, 0.1) is 11.8 Å². The van der Waals surface area contributed by atoms with E-state index in [2.05, 4.69) is 36.4 Å². The lowest BCUT2D eigenvalue weighted by Gasteiger charge is -2.36. The molecule has 2 saturated carbocycles. The van der Waals surface area contributed by atoms with Crippen molar-refractivity contribution in [2.75, 3.05) is 0 Å². The van der Waals surface area contributed by atoms with Crippen molar-refractivity contribution < 1.29 is 4.74 Å². The summed E-state index contributed by atoms with van der Waals surface area (Å²) in [6, 6.07) is 0. The Bertz CT molecular complexity index is 243. The van der Waals surface area contributed by atoms with Gasteiger partial charge in [0.15, 0.2) is 0 Å². The second kappa shape index (κ2) is 7.47. The van der Waals surface area contributed by atoms with E-state index in [9.17, 15) is 0 Å². The van der Waals surface area contributed by atoms with Crippen molar-refractivity contribution in [3.63, 3.8) is 0 Å². The van der Waals surface area contributed by atoms with Gasteiger partial charge in [-0.15, -0.1) is 0 Å². The predicted octanol–water partition coefficient (Wildman–Crippen LogP) is 5.35. The van der Waals surface area contributed by atoms with Gasteiger partial charge >= 0.3 is 0 Å². The molecule has 0 heterocycles. The summed E-state index contributed by atoms with van der Waals surface area (Å²) in [4.78, 5) is 0. The van der Waals surface area contributed by atoms with Crippen molar-refractivity contribution in [2.24, 2.45) is 11.8 Å². The van der Waals surface area contributed by atoms with Crippen molar-refractivity contribution in [3.05, 3.63) is 0 Å². The molecule has 1 nitrogen and oxygen atoms in total. The Morgan fingerprint density at radius 1 is 0.833 bits per heavy atom. The third-order valence-corrected chi connectivity index (χ3v) is 6.46. The maximum absolute atomic E-state index is 6.49. The fourth-order valence-electron chi connectivity index (χ4n) is 3.43. The van der Waals surface area contributed by atoms with E-state index in [0.717, 1.165) is 15.8 Å². The molecule has 0 amide bonds. The second-order valence-electron chi connectivity index (χ2n) is 6.57. The van der Waals surface area contributed by atoms with E-state index < -0.39 is 0 Å². The molecule has 0 radical (unpaired) electrons. The van der Waals surface area contributed by atoms with Crippen LogP contribution in [-0.4, -0.2) is 16.1 Å². The Labute approximate surface area is 127 Å². The molecule has 2 fully saturated rings. The van der Waals surface area contributed by atoms with E-state index in [4.69, 9.17) is 4.74 Å². The van der Waals surface area contributed by atoms with Gasteiger partial charge in [-0.1, -0.05) is 62.1 Å². The Balaban J connectivity index is 1.82. The molecule has 0 aromatic rings. The molecule has 2 heteroatoms. The van der Waals surface area contributed by atoms with Crippen LogP contribution in [0.3, 0.4) is 0 Å². The van der Waals surface area contributed by atoms with Crippen molar-refractivity contribution in [1.29, 1.82) is 0 Å². The minimum atomic E-state index is 0.538. The third-order valence-electron chi connectivity index (χ3n) is 5.04. The van der Waals surface area contributed by atoms with E-state index in [1.807, 2.05) is 0 Å². The van der Waals surface area contributed by atoms with E-state index in [0.29, 0.717) is 12.2 Å². The normalized spacial score (nSPS) is 43.2. The minimum absolute atomic E-state index is 0.538. The lowest BCUT2D eigenvalue weighted by atomic mass is 9.80. The van der Waals surface area contributed by atoms with Crippen LogP contribution >= 0.6 is 22.6 Å². The molecule has 5 unspecified atom stereocenters. The van der Waals surface area contributed by atoms with Crippen LogP contribution < -0.4 is 0 Å². The summed E-state index contributed by atoms with van der Waals surface area (Å²) in [6.45, 7) is 4.80. The summed E-state index contributed by atoms with van der Waals surface area (Å²) in [6.07, 6.45) is 13.4. The number of ether oxygens (including phenoxy) is 1. The molecule has 0 N–H and O–H groups in total. The lowest BCUT2D eigenvalue weighted by Crippen LogP contribution is -2.34. The van der Waals surface area contributed by atoms with Gasteiger partial charge in [-0.05, 0) is 43.9 Å². The Kier molecular flexibility index (Phi) is 6.26. The molecule has 5 atom stereocenters. The van der Waals surface area contributed by atoms with Crippen LogP contribution in [0.25, 0.3) is 0 Å². The van der Waals surface area contributed by atoms with Crippen LogP contribution in [0.15, 0.2) is 0 Å². The molecule has 0 aromatic carbocycles. The molecular formula is C16H29IO. The van der Waals surface area contributed by atoms with Gasteiger partial charge in [0.25, 0.3) is 0 Å². The van der Waals surface area contributed by atoms with E-state index in [-0.39, 0.29) is 0 Å². The van der Waals surface area contributed by atoms with Crippen molar-refractivity contribution >= 4 is 22.6 Å². The molecule has 106 valence electrons. The highest BCUT2D eigenvalue weighted by molar-refractivity contribution is 14.1. The minimum Gasteiger partial charge on any atom is -0.374 e. The quantitative estimate of drug-likeness (QED) is 0.474. The first-order chi connectivity index (χ1) is 8.66. The molecule has 0 aliphatic heterocycles. The van der Waals surface area contributed by atoms with Gasteiger partial charge in [0.05, 0.1) is 12.2 Å². The van der Waals surface area contributed by atoms with Crippen molar-refractivity contribution in [1.82, 2.24) is 0 Å². The maximum Gasteiger partial charge on any atom is 0.0696 e. The van der Waals surface area contributed by atoms with Gasteiger partial charge in [0.2, 0.25) is 0 Å². The molecule has 0 aromatic heterocycles. The first-order valence-corrected chi connectivity index (χ1v) is 9.21. The fraction of sp³-hybridized carbons (Fsp3) is 1.00. The Morgan fingerprint density at radius 2 is 1.56 bits per heavy atom. The average molecular weight is 364 g/mol.